The number of rotatable bonds is 6. The first kappa shape index (κ1) is 21.9. The number of benzene rings is 4. The number of anilines is 2. The average Bonchev–Trinajstić information content (AvgIpc) is 2.83. The molecule has 4 aromatic carbocycles. The van der Waals surface area contributed by atoms with E-state index in [2.05, 4.69) is 5.32 Å². The molecule has 0 saturated heterocycles. The molecule has 0 atom stereocenters. The van der Waals surface area contributed by atoms with Gasteiger partial charge in [0.1, 0.15) is 0 Å². The van der Waals surface area contributed by atoms with Crippen LogP contribution in [0.1, 0.15) is 10.4 Å². The molecule has 0 spiro atoms. The number of nitrogens with one attached hydrogen (secondary N) is 1. The molecule has 0 aliphatic heterocycles. The normalized spacial score (nSPS) is 11.3. The largest absolute Gasteiger partial charge is 0.322 e. The van der Waals surface area contributed by atoms with E-state index in [1.54, 1.807) is 60.3 Å². The van der Waals surface area contributed by atoms with Gasteiger partial charge in [-0.2, -0.15) is 0 Å². The predicted octanol–water partition coefficient (Wildman–Crippen LogP) is 5.64. The highest BCUT2D eigenvalue weighted by atomic mass is 32.2. The van der Waals surface area contributed by atoms with Gasteiger partial charge in [0, 0.05) is 23.2 Å². The highest BCUT2D eigenvalue weighted by Crippen LogP contribution is 2.25. The first-order valence-corrected chi connectivity index (χ1v) is 12.6. The summed E-state index contributed by atoms with van der Waals surface area (Å²) in [4.78, 5) is 13.9. The van der Waals surface area contributed by atoms with E-state index in [1.165, 1.54) is 11.4 Å². The Bertz CT molecular complexity index is 1370. The second kappa shape index (κ2) is 9.06. The molecule has 7 heteroatoms. The SMILES string of the molecule is CSc1ccc(S(=O)(=O)N(C)c2ccc(C(=O)Nc3ccc4ccccc4c3)cc2)cc1. The fraction of sp³-hybridized carbons (Fsp3) is 0.0800. The first-order chi connectivity index (χ1) is 15.4. The average molecular weight is 463 g/mol. The summed E-state index contributed by atoms with van der Waals surface area (Å²) in [5, 5.41) is 5.03. The van der Waals surface area contributed by atoms with E-state index in [-0.39, 0.29) is 10.8 Å². The molecule has 5 nitrogen and oxygen atoms in total. The van der Waals surface area contributed by atoms with E-state index in [0.29, 0.717) is 16.9 Å². The quantitative estimate of drug-likeness (QED) is 0.377. The summed E-state index contributed by atoms with van der Waals surface area (Å²) in [6.07, 6.45) is 1.94. The number of carbonyl (C=O) groups excluding carboxylic acids is 1. The Morgan fingerprint density at radius 2 is 1.50 bits per heavy atom. The maximum absolute atomic E-state index is 12.9. The Morgan fingerprint density at radius 1 is 0.844 bits per heavy atom. The molecule has 32 heavy (non-hydrogen) atoms. The number of thioether (sulfide) groups is 1. The zero-order chi connectivity index (χ0) is 22.7. The summed E-state index contributed by atoms with van der Waals surface area (Å²) in [7, 11) is -2.19. The molecule has 0 aliphatic rings. The number of amides is 1. The molecular formula is C25H22N2O3S2. The summed E-state index contributed by atoms with van der Waals surface area (Å²) in [5.74, 6) is -0.259. The van der Waals surface area contributed by atoms with Crippen LogP contribution in [0.4, 0.5) is 11.4 Å². The maximum atomic E-state index is 12.9. The number of fused-ring (bicyclic) bond motifs is 1. The van der Waals surface area contributed by atoms with Gasteiger partial charge in [0.15, 0.2) is 0 Å². The molecule has 1 N–H and O–H groups in total. The minimum atomic E-state index is -3.70. The van der Waals surface area contributed by atoms with Crippen LogP contribution in [-0.4, -0.2) is 27.6 Å². The Hall–Kier alpha value is -3.29. The second-order valence-electron chi connectivity index (χ2n) is 7.21. The van der Waals surface area contributed by atoms with Crippen molar-refractivity contribution < 1.29 is 13.2 Å². The molecule has 0 aromatic heterocycles. The van der Waals surface area contributed by atoms with Gasteiger partial charge < -0.3 is 5.32 Å². The van der Waals surface area contributed by atoms with Crippen LogP contribution in [-0.2, 0) is 10.0 Å². The lowest BCUT2D eigenvalue weighted by atomic mass is 10.1. The van der Waals surface area contributed by atoms with Crippen LogP contribution in [0, 0.1) is 0 Å². The van der Waals surface area contributed by atoms with Crippen molar-refractivity contribution in [3.63, 3.8) is 0 Å². The molecule has 162 valence electrons. The summed E-state index contributed by atoms with van der Waals surface area (Å²) in [5.41, 5.74) is 1.62. The highest BCUT2D eigenvalue weighted by molar-refractivity contribution is 7.98. The smallest absolute Gasteiger partial charge is 0.264 e. The van der Waals surface area contributed by atoms with Crippen LogP contribution in [0.15, 0.2) is 101 Å². The zero-order valence-electron chi connectivity index (χ0n) is 17.6. The topological polar surface area (TPSA) is 66.5 Å². The van der Waals surface area contributed by atoms with E-state index in [4.69, 9.17) is 0 Å². The minimum absolute atomic E-state index is 0.218. The van der Waals surface area contributed by atoms with Gasteiger partial charge in [0.05, 0.1) is 10.6 Å². The predicted molar refractivity (Wildman–Crippen MR) is 132 cm³/mol. The molecule has 4 aromatic rings. The first-order valence-electron chi connectivity index (χ1n) is 9.92. The molecule has 0 saturated carbocycles. The minimum Gasteiger partial charge on any atom is -0.322 e. The van der Waals surface area contributed by atoms with E-state index in [0.717, 1.165) is 15.7 Å². The van der Waals surface area contributed by atoms with Crippen LogP contribution in [0.2, 0.25) is 0 Å². The van der Waals surface area contributed by atoms with Gasteiger partial charge in [-0.3, -0.25) is 9.10 Å². The standard InChI is InChI=1S/C25H22N2O3S2/c1-27(32(29,30)24-15-13-23(31-2)14-16-24)22-11-8-19(9-12-22)25(28)26-21-10-7-18-5-3-4-6-20(18)17-21/h3-17H,1-2H3,(H,26,28). The van der Waals surface area contributed by atoms with Crippen molar-refractivity contribution in [1.82, 2.24) is 0 Å². The summed E-state index contributed by atoms with van der Waals surface area (Å²) in [6, 6.07) is 26.9. The van der Waals surface area contributed by atoms with Crippen molar-refractivity contribution in [2.75, 3.05) is 22.9 Å². The van der Waals surface area contributed by atoms with Crippen molar-refractivity contribution in [3.8, 4) is 0 Å². The summed E-state index contributed by atoms with van der Waals surface area (Å²) in [6.45, 7) is 0. The monoisotopic (exact) mass is 462 g/mol. The fourth-order valence-corrected chi connectivity index (χ4v) is 4.94. The van der Waals surface area contributed by atoms with E-state index in [9.17, 15) is 13.2 Å². The molecule has 0 bridgehead atoms. The Labute approximate surface area is 192 Å². The number of hydrogen-bond acceptors (Lipinski definition) is 4. The van der Waals surface area contributed by atoms with E-state index < -0.39 is 10.0 Å². The van der Waals surface area contributed by atoms with Gasteiger partial charge in [-0.1, -0.05) is 30.3 Å². The Kier molecular flexibility index (Phi) is 6.21. The molecule has 1 amide bonds. The molecule has 0 radical (unpaired) electrons. The number of carbonyl (C=O) groups is 1. The van der Waals surface area contributed by atoms with E-state index >= 15 is 0 Å². The van der Waals surface area contributed by atoms with Crippen molar-refractivity contribution >= 4 is 49.8 Å². The van der Waals surface area contributed by atoms with Crippen LogP contribution in [0.3, 0.4) is 0 Å². The number of nitrogens with zero attached hydrogens (tertiary/aromatic N) is 1. The third-order valence-corrected chi connectivity index (χ3v) is 7.76. The second-order valence-corrected chi connectivity index (χ2v) is 10.1. The highest BCUT2D eigenvalue weighted by Gasteiger charge is 2.21. The molecule has 0 unspecified atom stereocenters. The van der Waals surface area contributed by atoms with Crippen LogP contribution in [0.5, 0.6) is 0 Å². The van der Waals surface area contributed by atoms with Crippen molar-refractivity contribution in [2.45, 2.75) is 9.79 Å². The third-order valence-electron chi connectivity index (χ3n) is 5.22. The number of hydrogen-bond donors (Lipinski definition) is 1. The van der Waals surface area contributed by atoms with E-state index in [1.807, 2.05) is 48.7 Å². The van der Waals surface area contributed by atoms with Gasteiger partial charge in [-0.15, -0.1) is 11.8 Å². The maximum Gasteiger partial charge on any atom is 0.264 e. The molecule has 4 rings (SSSR count). The molecule has 0 heterocycles. The fourth-order valence-electron chi connectivity index (χ4n) is 3.34. The van der Waals surface area contributed by atoms with Crippen molar-refractivity contribution in [1.29, 1.82) is 0 Å². The van der Waals surface area contributed by atoms with Gasteiger partial charge in [-0.05, 0) is 77.7 Å². The lowest BCUT2D eigenvalue weighted by Gasteiger charge is -2.20. The van der Waals surface area contributed by atoms with Crippen LogP contribution < -0.4 is 9.62 Å². The third kappa shape index (κ3) is 4.49. The van der Waals surface area contributed by atoms with Gasteiger partial charge >= 0.3 is 0 Å². The van der Waals surface area contributed by atoms with Gasteiger partial charge in [-0.25, -0.2) is 8.42 Å². The summed E-state index contributed by atoms with van der Waals surface area (Å²) >= 11 is 1.55. The Morgan fingerprint density at radius 3 is 2.16 bits per heavy atom. The van der Waals surface area contributed by atoms with Gasteiger partial charge in [0.25, 0.3) is 15.9 Å². The molecular weight excluding hydrogens is 440 g/mol. The van der Waals surface area contributed by atoms with Gasteiger partial charge in [0.2, 0.25) is 0 Å². The summed E-state index contributed by atoms with van der Waals surface area (Å²) < 4.78 is 27.1. The zero-order valence-corrected chi connectivity index (χ0v) is 19.3. The van der Waals surface area contributed by atoms with Crippen LogP contribution in [0.25, 0.3) is 10.8 Å². The lowest BCUT2D eigenvalue weighted by molar-refractivity contribution is 0.102. The van der Waals surface area contributed by atoms with Crippen molar-refractivity contribution in [2.24, 2.45) is 0 Å². The number of sulfonamides is 1. The lowest BCUT2D eigenvalue weighted by Crippen LogP contribution is -2.26. The molecule has 0 fully saturated rings. The molecule has 0 aliphatic carbocycles. The Balaban J connectivity index is 1.50. The van der Waals surface area contributed by atoms with Crippen molar-refractivity contribution in [3.05, 3.63) is 96.6 Å². The van der Waals surface area contributed by atoms with Crippen LogP contribution >= 0.6 is 11.8 Å².